The molecule has 0 aliphatic rings. The molecule has 0 nitrogen and oxygen atoms in total. The Morgan fingerprint density at radius 1 is 0.484 bits per heavy atom. The summed E-state index contributed by atoms with van der Waals surface area (Å²) >= 11 is 0. The first-order valence-electron chi connectivity index (χ1n) is 12.4. The van der Waals surface area contributed by atoms with E-state index >= 15 is 0 Å². The van der Waals surface area contributed by atoms with Crippen LogP contribution >= 0.6 is 7.92 Å². The minimum absolute atomic E-state index is 0.505. The number of hydrogen-bond acceptors (Lipinski definition) is 0. The van der Waals surface area contributed by atoms with Gasteiger partial charge in [0.1, 0.15) is 0 Å². The largest absolute Gasteiger partial charge is 0.0654 e. The Hall–Kier alpha value is -1.91. The van der Waals surface area contributed by atoms with Crippen molar-refractivity contribution in [1.29, 1.82) is 0 Å². The summed E-state index contributed by atoms with van der Waals surface area (Å²) in [5, 5.41) is 4.42. The summed E-state index contributed by atoms with van der Waals surface area (Å²) in [5.41, 5.74) is 1.54. The second kappa shape index (κ2) is 14.2. The van der Waals surface area contributed by atoms with Gasteiger partial charge in [-0.2, -0.15) is 0 Å². The summed E-state index contributed by atoms with van der Waals surface area (Å²) in [6.07, 6.45) is 15.1. The SMILES string of the molecule is CCCCCCCCCCCCc1ccccc1P(c1ccccc1)c1ccccc1. The fraction of sp³-hybridized carbons (Fsp3) is 0.400. The van der Waals surface area contributed by atoms with Crippen molar-refractivity contribution >= 4 is 23.8 Å². The fourth-order valence-electron chi connectivity index (χ4n) is 4.32. The summed E-state index contributed by atoms with van der Waals surface area (Å²) in [6, 6.07) is 31.3. The molecule has 0 saturated carbocycles. The van der Waals surface area contributed by atoms with Crippen LogP contribution in [0.3, 0.4) is 0 Å². The van der Waals surface area contributed by atoms with E-state index in [1.165, 1.54) is 86.5 Å². The van der Waals surface area contributed by atoms with Gasteiger partial charge in [0, 0.05) is 0 Å². The van der Waals surface area contributed by atoms with Crippen molar-refractivity contribution in [2.45, 2.75) is 77.6 Å². The van der Waals surface area contributed by atoms with Crippen LogP contribution in [0.2, 0.25) is 0 Å². The van der Waals surface area contributed by atoms with Gasteiger partial charge in [0.05, 0.1) is 0 Å². The molecule has 3 aromatic rings. The van der Waals surface area contributed by atoms with Gasteiger partial charge in [-0.3, -0.25) is 0 Å². The van der Waals surface area contributed by atoms with Crippen LogP contribution in [-0.4, -0.2) is 0 Å². The molecule has 3 aromatic carbocycles. The third-order valence-electron chi connectivity index (χ3n) is 6.06. The Balaban J connectivity index is 1.58. The van der Waals surface area contributed by atoms with Crippen LogP contribution in [-0.2, 0) is 6.42 Å². The van der Waals surface area contributed by atoms with Gasteiger partial charge in [-0.15, -0.1) is 0 Å². The molecule has 0 bridgehead atoms. The molecule has 0 saturated heterocycles. The van der Waals surface area contributed by atoms with E-state index in [1.54, 1.807) is 5.56 Å². The second-order valence-electron chi connectivity index (χ2n) is 8.57. The van der Waals surface area contributed by atoms with Gasteiger partial charge < -0.3 is 0 Å². The molecular weight excluding hydrogens is 391 g/mol. The van der Waals surface area contributed by atoms with Crippen molar-refractivity contribution in [3.05, 3.63) is 90.5 Å². The van der Waals surface area contributed by atoms with E-state index in [1.807, 2.05) is 0 Å². The summed E-state index contributed by atoms with van der Waals surface area (Å²) in [7, 11) is -0.505. The van der Waals surface area contributed by atoms with Crippen molar-refractivity contribution in [3.63, 3.8) is 0 Å². The summed E-state index contributed by atoms with van der Waals surface area (Å²) in [4.78, 5) is 0. The lowest BCUT2D eigenvalue weighted by Crippen LogP contribution is -2.23. The molecular formula is C30H39P. The van der Waals surface area contributed by atoms with E-state index in [9.17, 15) is 0 Å². The van der Waals surface area contributed by atoms with E-state index in [4.69, 9.17) is 0 Å². The standard InChI is InChI=1S/C30H39P/c1-2-3-4-5-6-7-8-9-10-13-20-27-21-18-19-26-30(27)31(28-22-14-11-15-23-28)29-24-16-12-17-25-29/h11-12,14-19,21-26H,2-10,13,20H2,1H3. The number of hydrogen-bond donors (Lipinski definition) is 0. The molecule has 0 amide bonds. The zero-order chi connectivity index (χ0) is 21.6. The number of unbranched alkanes of at least 4 members (excludes halogenated alkanes) is 9. The zero-order valence-electron chi connectivity index (χ0n) is 19.3. The van der Waals surface area contributed by atoms with Crippen LogP contribution in [0.5, 0.6) is 0 Å². The molecule has 0 aliphatic heterocycles. The highest BCUT2D eigenvalue weighted by Crippen LogP contribution is 2.34. The maximum absolute atomic E-state index is 2.37. The predicted octanol–water partition coefficient (Wildman–Crippen LogP) is 7.91. The monoisotopic (exact) mass is 430 g/mol. The van der Waals surface area contributed by atoms with Crippen molar-refractivity contribution < 1.29 is 0 Å². The average Bonchev–Trinajstić information content (AvgIpc) is 2.83. The summed E-state index contributed by atoms with van der Waals surface area (Å²) in [6.45, 7) is 2.29. The van der Waals surface area contributed by atoms with Crippen molar-refractivity contribution in [2.75, 3.05) is 0 Å². The highest BCUT2D eigenvalue weighted by Gasteiger charge is 2.18. The maximum Gasteiger partial charge on any atom is -0.0119 e. The fourth-order valence-corrected chi connectivity index (χ4v) is 6.83. The van der Waals surface area contributed by atoms with Crippen LogP contribution in [0, 0.1) is 0 Å². The second-order valence-corrected chi connectivity index (χ2v) is 10.8. The van der Waals surface area contributed by atoms with Gasteiger partial charge in [0.15, 0.2) is 0 Å². The number of rotatable bonds is 14. The van der Waals surface area contributed by atoms with E-state index in [0.717, 1.165) is 0 Å². The van der Waals surface area contributed by atoms with Crippen molar-refractivity contribution in [2.24, 2.45) is 0 Å². The lowest BCUT2D eigenvalue weighted by molar-refractivity contribution is 0.556. The van der Waals surface area contributed by atoms with E-state index in [-0.39, 0.29) is 0 Å². The van der Waals surface area contributed by atoms with Gasteiger partial charge in [-0.25, -0.2) is 0 Å². The predicted molar refractivity (Wildman–Crippen MR) is 141 cm³/mol. The van der Waals surface area contributed by atoms with Gasteiger partial charge in [-0.1, -0.05) is 150 Å². The highest BCUT2D eigenvalue weighted by molar-refractivity contribution is 7.79. The molecule has 3 rings (SSSR count). The molecule has 0 heterocycles. The Labute approximate surface area is 191 Å². The Bertz CT molecular complexity index is 801. The van der Waals surface area contributed by atoms with Gasteiger partial charge in [-0.05, 0) is 42.2 Å². The molecule has 0 fully saturated rings. The molecule has 31 heavy (non-hydrogen) atoms. The molecule has 0 aromatic heterocycles. The highest BCUT2D eigenvalue weighted by atomic mass is 31.1. The van der Waals surface area contributed by atoms with Crippen molar-refractivity contribution in [1.82, 2.24) is 0 Å². The summed E-state index contributed by atoms with van der Waals surface area (Å²) < 4.78 is 0. The minimum Gasteiger partial charge on any atom is -0.0654 e. The quantitative estimate of drug-likeness (QED) is 0.180. The third kappa shape index (κ3) is 7.93. The van der Waals surface area contributed by atoms with Crippen LogP contribution in [0.25, 0.3) is 0 Å². The van der Waals surface area contributed by atoms with E-state index in [0.29, 0.717) is 0 Å². The Morgan fingerprint density at radius 3 is 1.48 bits per heavy atom. The lowest BCUT2D eigenvalue weighted by atomic mass is 10.0. The molecule has 1 heteroatoms. The van der Waals surface area contributed by atoms with E-state index < -0.39 is 7.92 Å². The van der Waals surface area contributed by atoms with Gasteiger partial charge in [0.2, 0.25) is 0 Å². The molecule has 0 radical (unpaired) electrons. The van der Waals surface area contributed by atoms with Gasteiger partial charge in [0.25, 0.3) is 0 Å². The first-order chi connectivity index (χ1) is 15.4. The van der Waals surface area contributed by atoms with Crippen molar-refractivity contribution in [3.8, 4) is 0 Å². The first-order valence-corrected chi connectivity index (χ1v) is 13.7. The first kappa shape index (κ1) is 23.7. The molecule has 0 unspecified atom stereocenters. The van der Waals surface area contributed by atoms with Crippen LogP contribution in [0.15, 0.2) is 84.9 Å². The molecule has 0 N–H and O–H groups in total. The minimum atomic E-state index is -0.505. The zero-order valence-corrected chi connectivity index (χ0v) is 20.2. The van der Waals surface area contributed by atoms with Crippen LogP contribution in [0.1, 0.15) is 76.7 Å². The third-order valence-corrected chi connectivity index (χ3v) is 8.61. The average molecular weight is 431 g/mol. The normalized spacial score (nSPS) is 11.2. The topological polar surface area (TPSA) is 0 Å². The number of benzene rings is 3. The summed E-state index contributed by atoms with van der Waals surface area (Å²) in [5.74, 6) is 0. The van der Waals surface area contributed by atoms with Gasteiger partial charge >= 0.3 is 0 Å². The lowest BCUT2D eigenvalue weighted by Gasteiger charge is -2.22. The van der Waals surface area contributed by atoms with E-state index in [2.05, 4.69) is 91.9 Å². The molecule has 164 valence electrons. The number of aryl methyl sites for hydroxylation is 1. The molecule has 0 aliphatic carbocycles. The van der Waals surface area contributed by atoms with Crippen LogP contribution in [0.4, 0.5) is 0 Å². The Morgan fingerprint density at radius 2 is 0.935 bits per heavy atom. The maximum atomic E-state index is 2.37. The van der Waals surface area contributed by atoms with Crippen LogP contribution < -0.4 is 15.9 Å². The Kier molecular flexibility index (Phi) is 10.9. The molecule has 0 spiro atoms. The molecule has 0 atom stereocenters. The smallest absolute Gasteiger partial charge is 0.0119 e.